The third-order valence-corrected chi connectivity index (χ3v) is 16.6. The third kappa shape index (κ3) is 35.0. The Balaban J connectivity index is 2.37. The minimum absolute atomic E-state index is 0.0980. The molecule has 0 saturated carbocycles. The van der Waals surface area contributed by atoms with Crippen molar-refractivity contribution in [1.29, 1.82) is 0 Å². The highest BCUT2D eigenvalue weighted by Crippen LogP contribution is 2.21. The maximum Gasteiger partial charge on any atom is 0.322 e. The fourth-order valence-corrected chi connectivity index (χ4v) is 10.8. The number of rotatable bonds is 50. The molecule has 0 unspecified atom stereocenters. The summed E-state index contributed by atoms with van der Waals surface area (Å²) in [7, 11) is 0. The Bertz CT molecular complexity index is 3620. The minimum Gasteiger partial charge on any atom is -0.481 e. The number of nitrogens with one attached hydrogen (secondary N) is 13. The molecule has 45 heteroatoms. The number of nitrogens with two attached hydrogens (primary N) is 5. The van der Waals surface area contributed by atoms with Crippen LogP contribution in [0.15, 0.2) is 30.3 Å². The number of carbonyl (C=O) groups excluding carboxylic acids is 18. The monoisotopic (exact) mass is 1570 g/mol. The standard InChI is InChI=1S/C66H99N19O26/c1-7-31(6)54(84-64(109)53(30(4)5)83-62(107)36(19-32-12-9-8-10-13-32)77-55(100)33(67)20-49(92)93)65(110)82-40(25-51(96)97)61(106)79-38(22-45(70)88)59(104)76-34(15-16-43(68)86)56(101)74-27-48(91)75-41(23-46(71)89)66(111)85-17-11-14-42(85)63(108)81-35(18-29(2)3)58(103)80-39(24-50(94)95)60(105)78-37(21-44(69)87)57(102)73-26-47(90)72-28-52(98)99/h8-10,12-13,29-31,33-42,53-54H,7,11,14-28,67H2,1-6H3,(H2,68,86)(H2,69,87)(H2,70,88)(H2,71,89)(H,72,90)(H,73,102)(H,74,101)(H,75,91)(H,76,104)(H,77,100)(H,78,105)(H,79,106)(H,80,103)(H,81,108)(H,82,110)(H,83,107)(H,84,109)(H,92,93)(H,94,95)(H,96,97)(H,98,99)/t31-,33-,34-,35-,36-,37-,38-,39-,40-,41-,42-,53-,54-/m0/s1. The summed E-state index contributed by atoms with van der Waals surface area (Å²) in [5.74, 6) is -29.3. The molecule has 2 rings (SSSR count). The van der Waals surface area contributed by atoms with Gasteiger partial charge in [-0.15, -0.1) is 0 Å². The lowest BCUT2D eigenvalue weighted by Gasteiger charge is -2.30. The SMILES string of the molecule is CC[C@H](C)[C@H](NC(=O)[C@@H](NC(=O)[C@H](Cc1ccccc1)NC(=O)[C@@H](N)CC(=O)O)C(C)C)C(=O)N[C@@H](CC(=O)O)C(=O)N[C@@H](CC(N)=O)C(=O)N[C@@H](CCC(N)=O)C(=O)NCC(=O)N[C@@H](CC(N)=O)C(=O)N1CCC[C@H]1C(=O)N[C@@H](CC(C)C)C(=O)N[C@@H](CC(=O)O)C(=O)N[C@@H](CC(N)=O)C(=O)NCC(=O)NCC(=O)O. The van der Waals surface area contributed by atoms with Gasteiger partial charge in [0, 0.05) is 19.4 Å². The van der Waals surface area contributed by atoms with E-state index in [4.69, 9.17) is 33.8 Å². The first-order valence-electron chi connectivity index (χ1n) is 34.8. The van der Waals surface area contributed by atoms with Crippen LogP contribution in [0.25, 0.3) is 0 Å². The van der Waals surface area contributed by atoms with Crippen molar-refractivity contribution in [3.8, 4) is 0 Å². The molecule has 1 fully saturated rings. The highest BCUT2D eigenvalue weighted by Gasteiger charge is 2.42. The van der Waals surface area contributed by atoms with Crippen molar-refractivity contribution in [1.82, 2.24) is 74.0 Å². The maximum atomic E-state index is 14.3. The van der Waals surface area contributed by atoms with E-state index in [-0.39, 0.29) is 38.6 Å². The Labute approximate surface area is 634 Å². The predicted molar refractivity (Wildman–Crippen MR) is 379 cm³/mol. The van der Waals surface area contributed by atoms with Crippen LogP contribution in [-0.2, 0) is 112 Å². The summed E-state index contributed by atoms with van der Waals surface area (Å²) in [6.45, 7) is 6.32. The lowest BCUT2D eigenvalue weighted by Crippen LogP contribution is -2.62. The number of carboxylic acids is 4. The zero-order valence-electron chi connectivity index (χ0n) is 61.7. The Morgan fingerprint density at radius 2 is 0.865 bits per heavy atom. The highest BCUT2D eigenvalue weighted by molar-refractivity contribution is 6.02. The number of carbonyl (C=O) groups is 22. The number of benzene rings is 1. The number of nitrogens with zero attached hydrogens (tertiary/aromatic N) is 1. The molecule has 45 nitrogen and oxygen atoms in total. The van der Waals surface area contributed by atoms with Crippen LogP contribution in [0.3, 0.4) is 0 Å². The molecule has 0 aromatic heterocycles. The molecule has 1 heterocycles. The summed E-state index contributed by atoms with van der Waals surface area (Å²) < 4.78 is 0. The van der Waals surface area contributed by atoms with Crippen LogP contribution in [-0.4, -0.2) is 254 Å². The van der Waals surface area contributed by atoms with Crippen LogP contribution in [0.5, 0.6) is 0 Å². The predicted octanol–water partition coefficient (Wildman–Crippen LogP) is -10.1. The average Bonchev–Trinajstić information content (AvgIpc) is 1.82. The number of carboxylic acid groups (broad SMARTS) is 4. The van der Waals surface area contributed by atoms with Gasteiger partial charge in [-0.3, -0.25) is 105 Å². The Kier molecular flexibility index (Phi) is 39.8. The van der Waals surface area contributed by atoms with Gasteiger partial charge in [-0.2, -0.15) is 0 Å². The molecule has 0 aliphatic carbocycles. The van der Waals surface area contributed by atoms with Gasteiger partial charge in [0.2, 0.25) is 106 Å². The van der Waals surface area contributed by atoms with Crippen LogP contribution in [0.1, 0.15) is 124 Å². The maximum absolute atomic E-state index is 14.3. The molecule has 1 aliphatic rings. The summed E-state index contributed by atoms with van der Waals surface area (Å²) in [4.78, 5) is 288. The number of likely N-dealkylation sites (tertiary alicyclic amines) is 1. The van der Waals surface area contributed by atoms with E-state index in [1.54, 1.807) is 51.1 Å². The van der Waals surface area contributed by atoms with Crippen molar-refractivity contribution in [2.24, 2.45) is 46.4 Å². The van der Waals surface area contributed by atoms with Crippen LogP contribution in [0.4, 0.5) is 0 Å². The van der Waals surface area contributed by atoms with Crippen molar-refractivity contribution >= 4 is 130 Å². The van der Waals surface area contributed by atoms with Gasteiger partial charge >= 0.3 is 23.9 Å². The molecule has 614 valence electrons. The summed E-state index contributed by atoms with van der Waals surface area (Å²) in [6.07, 6.45) is -7.70. The van der Waals surface area contributed by atoms with E-state index in [0.717, 1.165) is 4.90 Å². The fraction of sp³-hybridized carbons (Fsp3) is 0.576. The Morgan fingerprint density at radius 3 is 1.34 bits per heavy atom. The molecule has 1 aromatic rings. The number of primary amides is 4. The second kappa shape index (κ2) is 46.7. The lowest BCUT2D eigenvalue weighted by molar-refractivity contribution is -0.143. The second-order valence-electron chi connectivity index (χ2n) is 26.7. The number of hydrogen-bond donors (Lipinski definition) is 22. The average molecular weight is 1570 g/mol. The van der Waals surface area contributed by atoms with E-state index in [9.17, 15) is 121 Å². The molecule has 1 aliphatic heterocycles. The smallest absolute Gasteiger partial charge is 0.322 e. The van der Waals surface area contributed by atoms with Gasteiger partial charge in [0.15, 0.2) is 0 Å². The van der Waals surface area contributed by atoms with E-state index in [0.29, 0.717) is 5.56 Å². The first-order valence-corrected chi connectivity index (χ1v) is 34.8. The topological polar surface area (TPSA) is 746 Å². The van der Waals surface area contributed by atoms with Gasteiger partial charge in [0.05, 0.1) is 57.7 Å². The van der Waals surface area contributed by atoms with Crippen molar-refractivity contribution in [3.05, 3.63) is 35.9 Å². The molecular weight excluding hydrogens is 1470 g/mol. The van der Waals surface area contributed by atoms with Crippen molar-refractivity contribution in [2.45, 2.75) is 198 Å². The third-order valence-electron chi connectivity index (χ3n) is 16.6. The van der Waals surface area contributed by atoms with E-state index < -0.39 is 291 Å². The summed E-state index contributed by atoms with van der Waals surface area (Å²) in [5.41, 5.74) is 27.8. The molecule has 0 spiro atoms. The number of aliphatic carboxylic acids is 4. The normalized spacial score (nSPS) is 15.5. The molecular formula is C66H99N19O26. The largest absolute Gasteiger partial charge is 0.481 e. The van der Waals surface area contributed by atoms with Crippen molar-refractivity contribution in [2.75, 3.05) is 26.2 Å². The van der Waals surface area contributed by atoms with Crippen LogP contribution >= 0.6 is 0 Å². The van der Waals surface area contributed by atoms with Gasteiger partial charge in [-0.25, -0.2) is 0 Å². The van der Waals surface area contributed by atoms with Crippen LogP contribution in [0, 0.1) is 17.8 Å². The van der Waals surface area contributed by atoms with E-state index >= 15 is 0 Å². The van der Waals surface area contributed by atoms with Gasteiger partial charge in [-0.05, 0) is 49.0 Å². The minimum atomic E-state index is -2.13. The van der Waals surface area contributed by atoms with Gasteiger partial charge in [0.25, 0.3) is 0 Å². The second-order valence-corrected chi connectivity index (χ2v) is 26.7. The molecule has 18 amide bonds. The first kappa shape index (κ1) is 94.6. The highest BCUT2D eigenvalue weighted by atomic mass is 16.4. The molecule has 1 aromatic carbocycles. The fourth-order valence-electron chi connectivity index (χ4n) is 10.8. The van der Waals surface area contributed by atoms with Gasteiger partial charge in [-0.1, -0.05) is 78.3 Å². The van der Waals surface area contributed by atoms with E-state index in [1.165, 1.54) is 20.8 Å². The number of amides is 18. The zero-order chi connectivity index (χ0) is 84.3. The molecule has 1 saturated heterocycles. The molecule has 111 heavy (non-hydrogen) atoms. The quantitative estimate of drug-likeness (QED) is 0.0288. The van der Waals surface area contributed by atoms with Crippen LogP contribution < -0.4 is 97.8 Å². The summed E-state index contributed by atoms with van der Waals surface area (Å²) >= 11 is 0. The Morgan fingerprint density at radius 1 is 0.432 bits per heavy atom. The van der Waals surface area contributed by atoms with E-state index in [1.807, 2.05) is 10.6 Å². The summed E-state index contributed by atoms with van der Waals surface area (Å²) in [6, 6.07) is -12.9. The molecule has 0 bridgehead atoms. The van der Waals surface area contributed by atoms with Crippen molar-refractivity contribution in [3.63, 3.8) is 0 Å². The summed E-state index contributed by atoms with van der Waals surface area (Å²) in [5, 5.41) is 66.5. The van der Waals surface area contributed by atoms with Gasteiger partial charge < -0.3 is 123 Å². The number of hydrogen-bond acceptors (Lipinski definition) is 23. The first-order chi connectivity index (χ1) is 51.8. The zero-order valence-corrected chi connectivity index (χ0v) is 61.7. The van der Waals surface area contributed by atoms with Crippen LogP contribution in [0.2, 0.25) is 0 Å². The van der Waals surface area contributed by atoms with E-state index in [2.05, 4.69) is 58.5 Å². The van der Waals surface area contributed by atoms with Gasteiger partial charge in [0.1, 0.15) is 73.0 Å². The van der Waals surface area contributed by atoms with Crippen molar-refractivity contribution < 1.29 is 126 Å². The molecule has 0 radical (unpaired) electrons. The molecule has 13 atom stereocenters. The lowest BCUT2D eigenvalue weighted by atomic mass is 9.95. The Hall–Kier alpha value is -12.5. The molecule has 27 N–H and O–H groups in total.